The Kier molecular flexibility index (Phi) is 26.2. The first-order chi connectivity index (χ1) is 36.8. The maximum absolute atomic E-state index is 6.70. The number of anilines is 1. The molecule has 6 aromatic rings. The lowest BCUT2D eigenvalue weighted by Crippen LogP contribution is -2.48. The monoisotopic (exact) mass is 1100 g/mol. The van der Waals surface area contributed by atoms with Gasteiger partial charge >= 0.3 is 0 Å². The Morgan fingerprint density at radius 2 is 0.613 bits per heavy atom. The highest BCUT2D eigenvalue weighted by Gasteiger charge is 2.39. The minimum atomic E-state index is -1.74. The second-order valence-electron chi connectivity index (χ2n) is 22.8. The predicted octanol–water partition coefficient (Wildman–Crippen LogP) is 19.5. The smallest absolute Gasteiger partial charge is 0.157 e. The van der Waals surface area contributed by atoms with E-state index in [2.05, 4.69) is 194 Å². The minimum Gasteiger partial charge on any atom is -0.462 e. The fraction of sp³-hybridized carbons (Fsp3) is 0.529. The molecule has 1 atom stereocenters. The van der Waals surface area contributed by atoms with Crippen molar-refractivity contribution in [1.29, 1.82) is 0 Å². The summed E-state index contributed by atoms with van der Waals surface area (Å²) >= 11 is 0. The quantitative estimate of drug-likeness (QED) is 0.0286. The lowest BCUT2D eigenvalue weighted by molar-refractivity contribution is 0.617. The molecule has 5 aromatic carbocycles. The summed E-state index contributed by atoms with van der Waals surface area (Å²) in [6.07, 6.45) is 25.6. The normalized spacial score (nSPS) is 12.8. The van der Waals surface area contributed by atoms with Crippen molar-refractivity contribution in [3.8, 4) is 0 Å². The van der Waals surface area contributed by atoms with Crippen molar-refractivity contribution in [3.63, 3.8) is 0 Å². The standard InChI is InChI=1S/C68H103NOP2Si3/c1-10-19-50-73(51-20-11-2,52-21-12-3)64-42-36-61(37-43-64)71(60-33-29-28-30-34-60)69(67-35-31-32-59-48-49-70-68(59)67)72(62-38-44-65(45-39-62)74(53-22-13-4,54-23-14-5)55-24-15-6)63-40-46-66(47-41-63)75(56-25-16-7,57-26-17-8)58-27-18-9/h28-49H,10-27,50-58H2,1-9H3. The van der Waals surface area contributed by atoms with Crippen molar-refractivity contribution in [2.75, 3.05) is 4.44 Å². The van der Waals surface area contributed by atoms with Crippen molar-refractivity contribution in [2.24, 2.45) is 0 Å². The van der Waals surface area contributed by atoms with Gasteiger partial charge in [-0.1, -0.05) is 363 Å². The van der Waals surface area contributed by atoms with Crippen molar-refractivity contribution >= 4 is 93.8 Å². The highest BCUT2D eigenvalue weighted by Crippen LogP contribution is 2.58. The molecule has 408 valence electrons. The summed E-state index contributed by atoms with van der Waals surface area (Å²) in [5.41, 5.74) is 2.21. The third kappa shape index (κ3) is 15.8. The van der Waals surface area contributed by atoms with Gasteiger partial charge < -0.3 is 8.86 Å². The number of nitrogens with zero attached hydrogens (tertiary/aromatic N) is 1. The molecule has 0 fully saturated rings. The Hall–Kier alpha value is -3.05. The zero-order valence-electron chi connectivity index (χ0n) is 49.0. The van der Waals surface area contributed by atoms with Crippen molar-refractivity contribution in [1.82, 2.24) is 0 Å². The van der Waals surface area contributed by atoms with Crippen LogP contribution in [0.4, 0.5) is 5.69 Å². The van der Waals surface area contributed by atoms with E-state index >= 15 is 0 Å². The van der Waals surface area contributed by atoms with Crippen LogP contribution in [0.3, 0.4) is 0 Å². The average Bonchev–Trinajstić information content (AvgIpc) is 3.95. The maximum Gasteiger partial charge on any atom is 0.157 e. The summed E-state index contributed by atoms with van der Waals surface area (Å²) in [5.74, 6) is 0. The molecule has 2 nitrogen and oxygen atoms in total. The number of hydrogen-bond donors (Lipinski definition) is 0. The molecular weight excluding hydrogens is 993 g/mol. The molecule has 1 heterocycles. The van der Waals surface area contributed by atoms with E-state index in [4.69, 9.17) is 4.42 Å². The van der Waals surface area contributed by atoms with Gasteiger partial charge in [-0.2, -0.15) is 0 Å². The molecule has 75 heavy (non-hydrogen) atoms. The number of furan rings is 1. The number of hydrogen-bond acceptors (Lipinski definition) is 2. The van der Waals surface area contributed by atoms with Crippen LogP contribution < -0.4 is 41.2 Å². The molecule has 0 aliphatic heterocycles. The number of para-hydroxylation sites is 1. The average molecular weight is 1100 g/mol. The molecule has 0 amide bonds. The number of benzene rings is 5. The molecule has 6 rings (SSSR count). The summed E-state index contributed by atoms with van der Waals surface area (Å²) in [6.45, 7) is 21.6. The van der Waals surface area contributed by atoms with Crippen LogP contribution in [-0.2, 0) is 0 Å². The Balaban J connectivity index is 1.66. The van der Waals surface area contributed by atoms with Gasteiger partial charge in [-0.3, -0.25) is 0 Å². The zero-order valence-corrected chi connectivity index (χ0v) is 53.8. The van der Waals surface area contributed by atoms with Gasteiger partial charge in [-0.25, -0.2) is 0 Å². The molecule has 0 aliphatic rings. The molecule has 0 N–H and O–H groups in total. The highest BCUT2D eigenvalue weighted by atomic mass is 31.2. The number of rotatable bonds is 37. The Morgan fingerprint density at radius 1 is 0.320 bits per heavy atom. The second-order valence-corrected chi connectivity index (χ2v) is 41.1. The second kappa shape index (κ2) is 32.1. The van der Waals surface area contributed by atoms with Crippen molar-refractivity contribution in [3.05, 3.63) is 134 Å². The van der Waals surface area contributed by atoms with Gasteiger partial charge in [0.1, 0.15) is 0 Å². The molecule has 0 spiro atoms. The van der Waals surface area contributed by atoms with Crippen LogP contribution in [0.1, 0.15) is 178 Å². The molecule has 0 saturated heterocycles. The summed E-state index contributed by atoms with van der Waals surface area (Å²) in [4.78, 5) is 0. The van der Waals surface area contributed by atoms with Crippen molar-refractivity contribution in [2.45, 2.75) is 232 Å². The molecule has 0 saturated carbocycles. The fourth-order valence-corrected chi connectivity index (χ4v) is 35.3. The summed E-state index contributed by atoms with van der Waals surface area (Å²) in [5, 5.41) is 12.0. The van der Waals surface area contributed by atoms with Crippen molar-refractivity contribution < 1.29 is 4.42 Å². The molecule has 1 aromatic heterocycles. The Labute approximate surface area is 465 Å². The number of fused-ring (bicyclic) bond motifs is 1. The first-order valence-electron chi connectivity index (χ1n) is 31.0. The fourth-order valence-electron chi connectivity index (χ4n) is 12.7. The summed E-state index contributed by atoms with van der Waals surface area (Å²) in [6, 6.07) is 65.2. The van der Waals surface area contributed by atoms with Gasteiger partial charge in [0, 0.05) is 26.6 Å². The van der Waals surface area contributed by atoms with E-state index in [0.717, 1.165) is 5.58 Å². The number of unbranched alkanes of at least 4 members (excludes halogenated alkanes) is 9. The van der Waals surface area contributed by atoms with Crippen LogP contribution in [0.15, 0.2) is 138 Å². The lowest BCUT2D eigenvalue weighted by Gasteiger charge is -2.41. The highest BCUT2D eigenvalue weighted by molar-refractivity contribution is 7.90. The third-order valence-electron chi connectivity index (χ3n) is 17.3. The van der Waals surface area contributed by atoms with Crippen LogP contribution >= 0.6 is 16.1 Å². The van der Waals surface area contributed by atoms with Gasteiger partial charge in [0.15, 0.2) is 5.58 Å². The third-order valence-corrected chi connectivity index (χ3v) is 39.2. The Morgan fingerprint density at radius 3 is 0.907 bits per heavy atom. The largest absolute Gasteiger partial charge is 0.462 e. The van der Waals surface area contributed by atoms with E-state index < -0.39 is 40.4 Å². The van der Waals surface area contributed by atoms with Crippen LogP contribution in [-0.4, -0.2) is 24.2 Å². The van der Waals surface area contributed by atoms with E-state index in [1.165, 1.54) is 202 Å². The topological polar surface area (TPSA) is 16.4 Å². The molecule has 0 radical (unpaired) electrons. The molecule has 0 bridgehead atoms. The van der Waals surface area contributed by atoms with Crippen LogP contribution in [0.5, 0.6) is 0 Å². The van der Waals surface area contributed by atoms with Crippen LogP contribution in [0.2, 0.25) is 54.4 Å². The zero-order chi connectivity index (χ0) is 53.4. The van der Waals surface area contributed by atoms with Gasteiger partial charge in [0.2, 0.25) is 0 Å². The summed E-state index contributed by atoms with van der Waals surface area (Å²) in [7, 11) is -7.39. The van der Waals surface area contributed by atoms with E-state index in [1.54, 1.807) is 15.6 Å². The first-order valence-corrected chi connectivity index (χ1v) is 41.4. The molecule has 1 unspecified atom stereocenters. The van der Waals surface area contributed by atoms with E-state index in [9.17, 15) is 0 Å². The van der Waals surface area contributed by atoms with Gasteiger partial charge in [-0.05, 0) is 12.1 Å². The lowest BCUT2D eigenvalue weighted by atomic mass is 10.2. The minimum absolute atomic E-state index is 0.999. The van der Waals surface area contributed by atoms with E-state index in [0.29, 0.717) is 0 Å². The maximum atomic E-state index is 6.70. The SMILES string of the molecule is CCCC[Si](CCCC)(CCCC)c1ccc(P(c2ccccc2)N(c2cccc3ccoc23)P(c2ccc([Si](CCCC)(CCCC)CCCC)cc2)c2ccc([Si](CCCC)(CCCC)CCCC)cc2)cc1. The van der Waals surface area contributed by atoms with E-state index in [-0.39, 0.29) is 0 Å². The van der Waals surface area contributed by atoms with E-state index in [1.807, 2.05) is 6.26 Å². The van der Waals surface area contributed by atoms with Gasteiger partial charge in [0.25, 0.3) is 0 Å². The predicted molar refractivity (Wildman–Crippen MR) is 350 cm³/mol. The van der Waals surface area contributed by atoms with Gasteiger partial charge in [-0.15, -0.1) is 0 Å². The molecule has 0 aliphatic carbocycles. The Bertz CT molecular complexity index is 2330. The first kappa shape index (κ1) is 61.2. The molecule has 7 heteroatoms. The van der Waals surface area contributed by atoms with Gasteiger partial charge in [0.05, 0.1) is 52.3 Å². The summed E-state index contributed by atoms with van der Waals surface area (Å²) < 4.78 is 9.64. The van der Waals surface area contributed by atoms with Crippen LogP contribution in [0, 0.1) is 0 Å². The van der Waals surface area contributed by atoms with Crippen LogP contribution in [0.25, 0.3) is 11.0 Å². The molecular formula is C68H103NOP2Si3.